The molecule has 0 fully saturated rings. The average molecular weight is 329 g/mol. The first-order valence-corrected chi connectivity index (χ1v) is 8.01. The summed E-state index contributed by atoms with van der Waals surface area (Å²) >= 11 is 6.00. The fraction of sp³-hybridized carbons (Fsp3) is 0.211. The molecule has 0 saturated heterocycles. The predicted molar refractivity (Wildman–Crippen MR) is 92.7 cm³/mol. The third-order valence-electron chi connectivity index (χ3n) is 4.15. The number of halogens is 1. The van der Waals surface area contributed by atoms with Gasteiger partial charge in [-0.25, -0.2) is 4.79 Å². The summed E-state index contributed by atoms with van der Waals surface area (Å²) in [6.07, 6.45) is 0. The second-order valence-corrected chi connectivity index (χ2v) is 6.24. The molecule has 3 nitrogen and oxygen atoms in total. The number of fused-ring (bicyclic) bond motifs is 1. The van der Waals surface area contributed by atoms with E-state index in [2.05, 4.69) is 11.4 Å². The van der Waals surface area contributed by atoms with E-state index in [4.69, 9.17) is 16.0 Å². The van der Waals surface area contributed by atoms with Gasteiger partial charge in [-0.2, -0.15) is 0 Å². The van der Waals surface area contributed by atoms with Crippen LogP contribution >= 0.6 is 11.6 Å². The minimum atomic E-state index is -0.294. The Bertz CT molecular complexity index is 915. The highest BCUT2D eigenvalue weighted by Crippen LogP contribution is 2.22. The van der Waals surface area contributed by atoms with Gasteiger partial charge in [0, 0.05) is 27.6 Å². The quantitative estimate of drug-likeness (QED) is 0.747. The molecule has 3 aromatic rings. The third-order valence-corrected chi connectivity index (χ3v) is 4.39. The molecular formula is C19H19ClNO2+. The van der Waals surface area contributed by atoms with Crippen molar-refractivity contribution >= 4 is 22.6 Å². The van der Waals surface area contributed by atoms with Gasteiger partial charge in [0.15, 0.2) is 0 Å². The van der Waals surface area contributed by atoms with Crippen molar-refractivity contribution in [1.29, 1.82) is 0 Å². The first-order chi connectivity index (χ1) is 11.0. The topological polar surface area (TPSA) is 46.8 Å². The Labute approximate surface area is 139 Å². The maximum Gasteiger partial charge on any atom is 0.336 e. The van der Waals surface area contributed by atoms with Crippen LogP contribution in [0.25, 0.3) is 11.0 Å². The smallest absolute Gasteiger partial charge is 0.336 e. The Morgan fingerprint density at radius 3 is 2.70 bits per heavy atom. The van der Waals surface area contributed by atoms with Gasteiger partial charge in [0.05, 0.1) is 0 Å². The Hall–Kier alpha value is -2.10. The van der Waals surface area contributed by atoms with Gasteiger partial charge in [-0.3, -0.25) is 0 Å². The molecule has 4 heteroatoms. The fourth-order valence-electron chi connectivity index (χ4n) is 2.75. The van der Waals surface area contributed by atoms with Gasteiger partial charge in [-0.1, -0.05) is 35.9 Å². The van der Waals surface area contributed by atoms with E-state index in [1.165, 1.54) is 0 Å². The fourth-order valence-corrected chi connectivity index (χ4v) is 2.96. The molecule has 0 bridgehead atoms. The van der Waals surface area contributed by atoms with Crippen LogP contribution in [0.15, 0.2) is 51.7 Å². The molecule has 118 valence electrons. The van der Waals surface area contributed by atoms with Gasteiger partial charge in [-0.15, -0.1) is 0 Å². The van der Waals surface area contributed by atoms with Crippen LogP contribution in [-0.4, -0.2) is 0 Å². The highest BCUT2D eigenvalue weighted by Gasteiger charge is 2.10. The summed E-state index contributed by atoms with van der Waals surface area (Å²) in [5.74, 6) is 0. The minimum Gasteiger partial charge on any atom is -0.422 e. The zero-order valence-electron chi connectivity index (χ0n) is 13.2. The minimum absolute atomic E-state index is 0.294. The maximum atomic E-state index is 11.8. The number of nitrogens with two attached hydrogens (primary N) is 1. The molecule has 0 spiro atoms. The molecule has 0 amide bonds. The first kappa shape index (κ1) is 15.8. The molecule has 0 atom stereocenters. The van der Waals surface area contributed by atoms with Crippen LogP contribution < -0.4 is 10.9 Å². The molecule has 0 radical (unpaired) electrons. The highest BCUT2D eigenvalue weighted by molar-refractivity contribution is 6.30. The summed E-state index contributed by atoms with van der Waals surface area (Å²) in [4.78, 5) is 11.8. The molecule has 0 aliphatic heterocycles. The molecule has 0 aliphatic carbocycles. The van der Waals surface area contributed by atoms with Crippen LogP contribution in [-0.2, 0) is 13.1 Å². The van der Waals surface area contributed by atoms with Gasteiger partial charge in [0.1, 0.15) is 18.7 Å². The van der Waals surface area contributed by atoms with Crippen LogP contribution in [0.5, 0.6) is 0 Å². The normalized spacial score (nSPS) is 11.1. The zero-order valence-corrected chi connectivity index (χ0v) is 14.0. The van der Waals surface area contributed by atoms with E-state index >= 15 is 0 Å². The summed E-state index contributed by atoms with van der Waals surface area (Å²) in [6.45, 7) is 5.54. The molecule has 1 aromatic heterocycles. The van der Waals surface area contributed by atoms with Gasteiger partial charge in [0.2, 0.25) is 0 Å². The van der Waals surface area contributed by atoms with Crippen LogP contribution in [0.3, 0.4) is 0 Å². The van der Waals surface area contributed by atoms with Gasteiger partial charge >= 0.3 is 5.63 Å². The summed E-state index contributed by atoms with van der Waals surface area (Å²) in [6, 6.07) is 13.5. The third kappa shape index (κ3) is 3.46. The summed E-state index contributed by atoms with van der Waals surface area (Å²) in [5, 5.41) is 3.91. The molecular weight excluding hydrogens is 310 g/mol. The predicted octanol–water partition coefficient (Wildman–Crippen LogP) is 3.33. The lowest BCUT2D eigenvalue weighted by atomic mass is 10.0. The average Bonchev–Trinajstić information content (AvgIpc) is 2.51. The number of hydrogen-bond acceptors (Lipinski definition) is 2. The number of rotatable bonds is 4. The van der Waals surface area contributed by atoms with Crippen LogP contribution in [0.2, 0.25) is 5.02 Å². The lowest BCUT2D eigenvalue weighted by Gasteiger charge is -2.08. The van der Waals surface area contributed by atoms with Crippen molar-refractivity contribution in [2.45, 2.75) is 26.9 Å². The second kappa shape index (κ2) is 6.57. The Morgan fingerprint density at radius 2 is 1.91 bits per heavy atom. The summed E-state index contributed by atoms with van der Waals surface area (Å²) in [5.41, 5.74) is 4.72. The number of aryl methyl sites for hydroxylation is 2. The molecule has 2 aromatic carbocycles. The van der Waals surface area contributed by atoms with Crippen molar-refractivity contribution in [3.63, 3.8) is 0 Å². The molecule has 0 saturated carbocycles. The highest BCUT2D eigenvalue weighted by atomic mass is 35.5. The molecule has 0 aliphatic rings. The Balaban J connectivity index is 1.85. The molecule has 2 N–H and O–H groups in total. The maximum absolute atomic E-state index is 11.8. The monoisotopic (exact) mass is 328 g/mol. The van der Waals surface area contributed by atoms with Crippen LogP contribution in [0.1, 0.15) is 22.3 Å². The van der Waals surface area contributed by atoms with E-state index in [1.54, 1.807) is 6.07 Å². The van der Waals surface area contributed by atoms with Crippen molar-refractivity contribution in [2.24, 2.45) is 0 Å². The van der Waals surface area contributed by atoms with Gasteiger partial charge in [-0.05, 0) is 37.1 Å². The van der Waals surface area contributed by atoms with E-state index in [0.717, 1.165) is 45.8 Å². The molecule has 3 rings (SSSR count). The Morgan fingerprint density at radius 1 is 1.09 bits per heavy atom. The molecule has 1 heterocycles. The van der Waals surface area contributed by atoms with Crippen molar-refractivity contribution in [1.82, 2.24) is 0 Å². The lowest BCUT2D eigenvalue weighted by molar-refractivity contribution is -0.686. The van der Waals surface area contributed by atoms with Crippen LogP contribution in [0, 0.1) is 13.8 Å². The van der Waals surface area contributed by atoms with Crippen molar-refractivity contribution in [3.8, 4) is 0 Å². The number of hydrogen-bond donors (Lipinski definition) is 1. The van der Waals surface area contributed by atoms with Gasteiger partial charge < -0.3 is 9.73 Å². The number of quaternary nitrogens is 1. The molecule has 0 unspecified atom stereocenters. The van der Waals surface area contributed by atoms with Crippen LogP contribution in [0.4, 0.5) is 0 Å². The van der Waals surface area contributed by atoms with E-state index in [9.17, 15) is 4.79 Å². The van der Waals surface area contributed by atoms with Crippen molar-refractivity contribution < 1.29 is 9.73 Å². The summed E-state index contributed by atoms with van der Waals surface area (Å²) in [7, 11) is 0. The van der Waals surface area contributed by atoms with Crippen molar-refractivity contribution in [2.75, 3.05) is 0 Å². The van der Waals surface area contributed by atoms with E-state index in [0.29, 0.717) is 5.58 Å². The van der Waals surface area contributed by atoms with E-state index < -0.39 is 0 Å². The largest absolute Gasteiger partial charge is 0.422 e. The lowest BCUT2D eigenvalue weighted by Crippen LogP contribution is -2.80. The number of benzene rings is 2. The zero-order chi connectivity index (χ0) is 16.4. The molecule has 23 heavy (non-hydrogen) atoms. The van der Waals surface area contributed by atoms with Gasteiger partial charge in [0.25, 0.3) is 0 Å². The van der Waals surface area contributed by atoms with Crippen molar-refractivity contribution in [3.05, 3.63) is 80.2 Å². The first-order valence-electron chi connectivity index (χ1n) is 7.63. The van der Waals surface area contributed by atoms with E-state index in [-0.39, 0.29) is 5.63 Å². The Kier molecular flexibility index (Phi) is 4.51. The summed E-state index contributed by atoms with van der Waals surface area (Å²) < 4.78 is 5.41. The van der Waals surface area contributed by atoms with E-state index in [1.807, 2.05) is 44.2 Å². The second-order valence-electron chi connectivity index (χ2n) is 5.80. The standard InChI is InChI=1S/C19H18ClNO2/c1-12-6-7-17-15(9-18(22)23-19(17)13(12)2)11-21-10-14-4-3-5-16(20)8-14/h3-9,21H,10-11H2,1-2H3/p+1. The SMILES string of the molecule is Cc1ccc2c(C[NH2+]Cc3cccc(Cl)c3)cc(=O)oc2c1C.